The maximum atomic E-state index is 2.36. The Hall–Kier alpha value is -7.54. The van der Waals surface area contributed by atoms with Gasteiger partial charge in [-0.2, -0.15) is 0 Å². The van der Waals surface area contributed by atoms with Gasteiger partial charge in [-0.05, 0) is 121 Å². The summed E-state index contributed by atoms with van der Waals surface area (Å²) >= 11 is 0. The van der Waals surface area contributed by atoms with Gasteiger partial charge in [-0.15, -0.1) is 0 Å². The van der Waals surface area contributed by atoms with Gasteiger partial charge < -0.3 is 0 Å². The summed E-state index contributed by atoms with van der Waals surface area (Å²) in [5.41, 5.74) is 17.8. The molecule has 0 heteroatoms. The number of hydrogen-bond donors (Lipinski definition) is 0. The van der Waals surface area contributed by atoms with Crippen molar-refractivity contribution in [3.05, 3.63) is 218 Å². The number of rotatable bonds is 5. The average molecular weight is 733 g/mol. The molecular weight excluding hydrogens is 697 g/mol. The smallest absolute Gasteiger partial charge is 0.000117 e. The molecule has 0 saturated heterocycles. The maximum Gasteiger partial charge on any atom is -0.000117 e. The minimum atomic E-state index is 1.21. The molecule has 0 spiro atoms. The van der Waals surface area contributed by atoms with Gasteiger partial charge in [-0.3, -0.25) is 0 Å². The molecule has 1 aliphatic carbocycles. The first-order valence-electron chi connectivity index (χ1n) is 20.2. The number of fused-ring (bicyclic) bond motifs is 6. The quantitative estimate of drug-likeness (QED) is 0.155. The summed E-state index contributed by atoms with van der Waals surface area (Å²) in [6.45, 7) is 0. The maximum absolute atomic E-state index is 2.36. The van der Waals surface area contributed by atoms with Gasteiger partial charge in [0.1, 0.15) is 0 Å². The predicted octanol–water partition coefficient (Wildman–Crippen LogP) is 16.3. The molecule has 1 aliphatic rings. The monoisotopic (exact) mass is 732 g/mol. The van der Waals surface area contributed by atoms with Crippen LogP contribution in [0.1, 0.15) is 0 Å². The zero-order valence-corrected chi connectivity index (χ0v) is 31.8. The molecule has 0 bridgehead atoms. The minimum absolute atomic E-state index is 1.21. The van der Waals surface area contributed by atoms with Crippen molar-refractivity contribution in [3.63, 3.8) is 0 Å². The summed E-state index contributed by atoms with van der Waals surface area (Å²) in [6, 6.07) is 80.6. The second kappa shape index (κ2) is 13.0. The van der Waals surface area contributed by atoms with Crippen LogP contribution >= 0.6 is 0 Å². The van der Waals surface area contributed by atoms with Gasteiger partial charge in [0.05, 0.1) is 0 Å². The lowest BCUT2D eigenvalue weighted by Gasteiger charge is -2.21. The molecule has 0 N–H and O–H groups in total. The molecular formula is C58H36. The lowest BCUT2D eigenvalue weighted by atomic mass is 9.81. The first kappa shape index (κ1) is 32.7. The van der Waals surface area contributed by atoms with E-state index in [0.717, 1.165) is 0 Å². The Morgan fingerprint density at radius 1 is 0.172 bits per heavy atom. The van der Waals surface area contributed by atoms with Gasteiger partial charge in [0.15, 0.2) is 0 Å². The largest absolute Gasteiger partial charge is 0.0622 e. The zero-order valence-electron chi connectivity index (χ0n) is 31.8. The standard InChI is InChI=1S/C58H36/c1-4-17-38(18-5-1)51-44-24-10-12-26-46(44)52(47-27-13-11-25-45(47)51)42-33-31-37(32-34-42)43-36-35-41-23-16-30-50-55(41)56(43)58-54(40-21-8-3-9-22-40)49-29-15-14-28-48(49)53(57(50)58)39-19-6-2-7-20-39/h1-36H. The van der Waals surface area contributed by atoms with E-state index in [4.69, 9.17) is 0 Å². The molecule has 0 fully saturated rings. The summed E-state index contributed by atoms with van der Waals surface area (Å²) in [6.07, 6.45) is 0. The van der Waals surface area contributed by atoms with Crippen molar-refractivity contribution in [1.82, 2.24) is 0 Å². The topological polar surface area (TPSA) is 0 Å². The van der Waals surface area contributed by atoms with E-state index in [1.807, 2.05) is 0 Å². The van der Waals surface area contributed by atoms with Crippen LogP contribution in [0.5, 0.6) is 0 Å². The van der Waals surface area contributed by atoms with Crippen LogP contribution in [0.25, 0.3) is 121 Å². The van der Waals surface area contributed by atoms with Gasteiger partial charge >= 0.3 is 0 Å². The Balaban J connectivity index is 1.13. The van der Waals surface area contributed by atoms with Crippen molar-refractivity contribution in [2.45, 2.75) is 0 Å². The molecule has 0 unspecified atom stereocenters. The van der Waals surface area contributed by atoms with E-state index in [9.17, 15) is 0 Å². The zero-order chi connectivity index (χ0) is 38.2. The summed E-state index contributed by atoms with van der Waals surface area (Å²) < 4.78 is 0. The molecule has 0 atom stereocenters. The van der Waals surface area contributed by atoms with Crippen LogP contribution in [0.3, 0.4) is 0 Å². The highest BCUT2D eigenvalue weighted by Crippen LogP contribution is 2.60. The first-order chi connectivity index (χ1) is 28.8. The van der Waals surface area contributed by atoms with Crippen molar-refractivity contribution >= 4 is 43.1 Å². The van der Waals surface area contributed by atoms with Crippen LogP contribution in [0.15, 0.2) is 218 Å². The third-order valence-electron chi connectivity index (χ3n) is 12.4. The van der Waals surface area contributed by atoms with E-state index < -0.39 is 0 Å². The third-order valence-corrected chi connectivity index (χ3v) is 12.4. The van der Waals surface area contributed by atoms with Crippen LogP contribution in [-0.4, -0.2) is 0 Å². The lowest BCUT2D eigenvalue weighted by molar-refractivity contribution is 1.61. The van der Waals surface area contributed by atoms with Crippen molar-refractivity contribution in [2.75, 3.05) is 0 Å². The van der Waals surface area contributed by atoms with Crippen molar-refractivity contribution in [1.29, 1.82) is 0 Å². The van der Waals surface area contributed by atoms with Crippen molar-refractivity contribution < 1.29 is 0 Å². The van der Waals surface area contributed by atoms with Gasteiger partial charge in [0.25, 0.3) is 0 Å². The van der Waals surface area contributed by atoms with E-state index in [1.165, 1.54) is 121 Å². The van der Waals surface area contributed by atoms with E-state index in [0.29, 0.717) is 0 Å². The summed E-state index contributed by atoms with van der Waals surface area (Å²) in [5, 5.41) is 10.2. The van der Waals surface area contributed by atoms with Crippen molar-refractivity contribution in [2.24, 2.45) is 0 Å². The van der Waals surface area contributed by atoms with E-state index in [2.05, 4.69) is 218 Å². The highest BCUT2D eigenvalue weighted by molar-refractivity contribution is 6.29. The van der Waals surface area contributed by atoms with Crippen LogP contribution in [0, 0.1) is 0 Å². The molecule has 58 heavy (non-hydrogen) atoms. The fourth-order valence-electron chi connectivity index (χ4n) is 10.0. The average Bonchev–Trinajstić information content (AvgIpc) is 3.64. The van der Waals surface area contributed by atoms with Gasteiger partial charge in [-0.25, -0.2) is 0 Å². The SMILES string of the molecule is c1ccc(-c2c3c(c(-c4ccccc4)c4ccccc24)-c2c(-c4ccc(-c5c6ccccc6c(-c6ccccc6)c6ccccc56)cc4)ccc4cccc-3c24)cc1. The Morgan fingerprint density at radius 2 is 0.552 bits per heavy atom. The molecule has 0 radical (unpaired) electrons. The molecule has 0 nitrogen and oxygen atoms in total. The lowest BCUT2D eigenvalue weighted by Crippen LogP contribution is -1.94. The Morgan fingerprint density at radius 3 is 1.03 bits per heavy atom. The molecule has 0 amide bonds. The van der Waals surface area contributed by atoms with Crippen LogP contribution < -0.4 is 0 Å². The summed E-state index contributed by atoms with van der Waals surface area (Å²) in [7, 11) is 0. The molecule has 0 aromatic heterocycles. The van der Waals surface area contributed by atoms with Crippen LogP contribution in [0.4, 0.5) is 0 Å². The highest BCUT2D eigenvalue weighted by atomic mass is 14.3. The summed E-state index contributed by atoms with van der Waals surface area (Å²) in [5.74, 6) is 0. The van der Waals surface area contributed by atoms with Gasteiger partial charge in [-0.1, -0.05) is 218 Å². The fourth-order valence-corrected chi connectivity index (χ4v) is 10.0. The van der Waals surface area contributed by atoms with Gasteiger partial charge in [0, 0.05) is 0 Å². The normalized spacial score (nSPS) is 11.8. The third kappa shape index (κ3) is 4.82. The summed E-state index contributed by atoms with van der Waals surface area (Å²) in [4.78, 5) is 0. The predicted molar refractivity (Wildman–Crippen MR) is 248 cm³/mol. The Bertz CT molecular complexity index is 3340. The van der Waals surface area contributed by atoms with Crippen LogP contribution in [0.2, 0.25) is 0 Å². The molecule has 11 aromatic carbocycles. The second-order valence-corrected chi connectivity index (χ2v) is 15.5. The molecule has 11 aromatic rings. The van der Waals surface area contributed by atoms with Crippen LogP contribution in [-0.2, 0) is 0 Å². The Labute approximate surface area is 337 Å². The van der Waals surface area contributed by atoms with E-state index >= 15 is 0 Å². The number of benzene rings is 11. The molecule has 0 saturated carbocycles. The second-order valence-electron chi connectivity index (χ2n) is 15.5. The molecule has 268 valence electrons. The minimum Gasteiger partial charge on any atom is -0.0622 e. The number of hydrogen-bond acceptors (Lipinski definition) is 0. The van der Waals surface area contributed by atoms with E-state index in [-0.39, 0.29) is 0 Å². The van der Waals surface area contributed by atoms with Gasteiger partial charge in [0.2, 0.25) is 0 Å². The molecule has 0 heterocycles. The molecule has 12 rings (SSSR count). The van der Waals surface area contributed by atoms with E-state index in [1.54, 1.807) is 0 Å². The first-order valence-corrected chi connectivity index (χ1v) is 20.2. The fraction of sp³-hybridized carbons (Fsp3) is 0. The molecule has 0 aliphatic heterocycles. The Kier molecular flexibility index (Phi) is 7.33. The highest BCUT2D eigenvalue weighted by Gasteiger charge is 2.32. The van der Waals surface area contributed by atoms with Crippen molar-refractivity contribution in [3.8, 4) is 77.9 Å².